The fourth-order valence-corrected chi connectivity index (χ4v) is 1.79. The number of carbonyl (C=O) groups is 1. The number of esters is 1. The van der Waals surface area contributed by atoms with Crippen LogP contribution in [0.3, 0.4) is 0 Å². The van der Waals surface area contributed by atoms with Crippen LogP contribution in [0.2, 0.25) is 0 Å². The van der Waals surface area contributed by atoms with Gasteiger partial charge in [-0.2, -0.15) is 0 Å². The third kappa shape index (κ3) is 2.18. The Kier molecular flexibility index (Phi) is 3.57. The molecule has 18 heavy (non-hydrogen) atoms. The Balaban J connectivity index is 2.66. The molecule has 0 atom stereocenters. The average Bonchev–Trinajstić information content (AvgIpc) is 2.46. The normalized spacial score (nSPS) is 9.89. The van der Waals surface area contributed by atoms with Gasteiger partial charge in [0.1, 0.15) is 5.75 Å². The van der Waals surface area contributed by atoms with Crippen molar-refractivity contribution in [1.82, 2.24) is 4.98 Å². The van der Waals surface area contributed by atoms with Crippen molar-refractivity contribution in [3.05, 3.63) is 48.3 Å². The number of carbonyl (C=O) groups excluding carboxylic acids is 1. The fourth-order valence-electron chi connectivity index (χ4n) is 1.79. The summed E-state index contributed by atoms with van der Waals surface area (Å²) in [4.78, 5) is 15.8. The number of rotatable bonds is 3. The van der Waals surface area contributed by atoms with E-state index in [2.05, 4.69) is 4.98 Å². The molecule has 4 nitrogen and oxygen atoms in total. The maximum absolute atomic E-state index is 11.8. The van der Waals surface area contributed by atoms with Crippen molar-refractivity contribution in [2.45, 2.75) is 0 Å². The number of hydrogen-bond acceptors (Lipinski definition) is 4. The number of nitrogens with zero attached hydrogens (tertiary/aromatic N) is 1. The smallest absolute Gasteiger partial charge is 0.338 e. The average molecular weight is 243 g/mol. The van der Waals surface area contributed by atoms with Gasteiger partial charge in [0.05, 0.1) is 19.8 Å². The first-order valence-corrected chi connectivity index (χ1v) is 5.43. The van der Waals surface area contributed by atoms with Crippen LogP contribution in [0.1, 0.15) is 10.4 Å². The molecular formula is C14H13NO3. The van der Waals surface area contributed by atoms with Crippen LogP contribution in [-0.2, 0) is 4.74 Å². The lowest BCUT2D eigenvalue weighted by Crippen LogP contribution is -2.04. The molecule has 0 bridgehead atoms. The van der Waals surface area contributed by atoms with E-state index in [0.717, 1.165) is 5.56 Å². The zero-order valence-electron chi connectivity index (χ0n) is 10.2. The predicted octanol–water partition coefficient (Wildman–Crippen LogP) is 2.54. The van der Waals surface area contributed by atoms with E-state index in [0.29, 0.717) is 16.9 Å². The highest BCUT2D eigenvalue weighted by atomic mass is 16.5. The second kappa shape index (κ2) is 5.31. The zero-order valence-corrected chi connectivity index (χ0v) is 10.2. The van der Waals surface area contributed by atoms with E-state index >= 15 is 0 Å². The largest absolute Gasteiger partial charge is 0.496 e. The molecule has 92 valence electrons. The van der Waals surface area contributed by atoms with Gasteiger partial charge in [0.25, 0.3) is 0 Å². The lowest BCUT2D eigenvalue weighted by Gasteiger charge is -2.12. The number of benzene rings is 1. The second-order valence-corrected chi connectivity index (χ2v) is 3.62. The van der Waals surface area contributed by atoms with Gasteiger partial charge in [-0.05, 0) is 18.2 Å². The summed E-state index contributed by atoms with van der Waals surface area (Å²) < 4.78 is 10.1. The summed E-state index contributed by atoms with van der Waals surface area (Å²) in [7, 11) is 2.92. The standard InChI is InChI=1S/C14H13NO3/c1-17-12-7-3-6-11(14(16)18-2)13(12)10-5-4-8-15-9-10/h3-9H,1-2H3. The lowest BCUT2D eigenvalue weighted by molar-refractivity contribution is 0.0601. The van der Waals surface area contributed by atoms with Gasteiger partial charge in [-0.1, -0.05) is 12.1 Å². The van der Waals surface area contributed by atoms with Crippen molar-refractivity contribution in [2.75, 3.05) is 14.2 Å². The third-order valence-electron chi connectivity index (χ3n) is 2.60. The molecule has 4 heteroatoms. The van der Waals surface area contributed by atoms with Crippen LogP contribution < -0.4 is 4.74 Å². The molecule has 0 spiro atoms. The Hall–Kier alpha value is -2.36. The van der Waals surface area contributed by atoms with Crippen molar-refractivity contribution < 1.29 is 14.3 Å². The Labute approximate surface area is 105 Å². The third-order valence-corrected chi connectivity index (χ3v) is 2.60. The van der Waals surface area contributed by atoms with Gasteiger partial charge >= 0.3 is 5.97 Å². The van der Waals surface area contributed by atoms with Crippen molar-refractivity contribution in [1.29, 1.82) is 0 Å². The molecule has 0 saturated carbocycles. The molecule has 1 heterocycles. The van der Waals surface area contributed by atoms with E-state index in [9.17, 15) is 4.79 Å². The van der Waals surface area contributed by atoms with E-state index in [1.807, 2.05) is 12.1 Å². The number of pyridine rings is 1. The molecule has 0 aliphatic rings. The molecule has 0 aliphatic carbocycles. The summed E-state index contributed by atoms with van der Waals surface area (Å²) in [5.74, 6) is 0.221. The van der Waals surface area contributed by atoms with Gasteiger partial charge < -0.3 is 9.47 Å². The Morgan fingerprint density at radius 2 is 2.00 bits per heavy atom. The summed E-state index contributed by atoms with van der Waals surface area (Å²) in [6.07, 6.45) is 3.36. The van der Waals surface area contributed by atoms with Gasteiger partial charge in [-0.25, -0.2) is 4.79 Å². The summed E-state index contributed by atoms with van der Waals surface area (Å²) in [6.45, 7) is 0. The number of methoxy groups -OCH3 is 2. The van der Waals surface area contributed by atoms with Crippen LogP contribution in [0.5, 0.6) is 5.75 Å². The van der Waals surface area contributed by atoms with E-state index < -0.39 is 5.97 Å². The number of hydrogen-bond donors (Lipinski definition) is 0. The molecule has 0 unspecified atom stereocenters. The van der Waals surface area contributed by atoms with Crippen LogP contribution in [-0.4, -0.2) is 25.2 Å². The minimum absolute atomic E-state index is 0.396. The molecule has 0 radical (unpaired) electrons. The quantitative estimate of drug-likeness (QED) is 0.777. The number of aromatic nitrogens is 1. The lowest BCUT2D eigenvalue weighted by atomic mass is 10.00. The number of ether oxygens (including phenoxy) is 2. The first-order chi connectivity index (χ1) is 8.77. The first-order valence-electron chi connectivity index (χ1n) is 5.43. The molecular weight excluding hydrogens is 230 g/mol. The predicted molar refractivity (Wildman–Crippen MR) is 67.6 cm³/mol. The van der Waals surface area contributed by atoms with Gasteiger partial charge in [-0.3, -0.25) is 4.98 Å². The van der Waals surface area contributed by atoms with Crippen LogP contribution in [0, 0.1) is 0 Å². The van der Waals surface area contributed by atoms with Crippen LogP contribution in [0.15, 0.2) is 42.7 Å². The zero-order chi connectivity index (χ0) is 13.0. The molecule has 1 aromatic heterocycles. The van der Waals surface area contributed by atoms with E-state index in [1.54, 1.807) is 37.7 Å². The van der Waals surface area contributed by atoms with Crippen LogP contribution in [0.25, 0.3) is 11.1 Å². The molecule has 1 aromatic carbocycles. The highest BCUT2D eigenvalue weighted by molar-refractivity contribution is 5.99. The molecule has 0 aliphatic heterocycles. The van der Waals surface area contributed by atoms with Crippen LogP contribution >= 0.6 is 0 Å². The van der Waals surface area contributed by atoms with Gasteiger partial charge in [0, 0.05) is 23.5 Å². The minimum atomic E-state index is -0.396. The summed E-state index contributed by atoms with van der Waals surface area (Å²) in [5, 5.41) is 0. The van der Waals surface area contributed by atoms with Gasteiger partial charge in [-0.15, -0.1) is 0 Å². The van der Waals surface area contributed by atoms with Gasteiger partial charge in [0.2, 0.25) is 0 Å². The molecule has 0 N–H and O–H groups in total. The van der Waals surface area contributed by atoms with Crippen LogP contribution in [0.4, 0.5) is 0 Å². The summed E-state index contributed by atoms with van der Waals surface area (Å²) >= 11 is 0. The maximum atomic E-state index is 11.8. The van der Waals surface area contributed by atoms with Crippen molar-refractivity contribution in [3.63, 3.8) is 0 Å². The summed E-state index contributed by atoms with van der Waals surface area (Å²) in [5.41, 5.74) is 1.97. The molecule has 0 amide bonds. The second-order valence-electron chi connectivity index (χ2n) is 3.62. The SMILES string of the molecule is COC(=O)c1cccc(OC)c1-c1cccnc1. The monoisotopic (exact) mass is 243 g/mol. The van der Waals surface area contributed by atoms with Gasteiger partial charge in [0.15, 0.2) is 0 Å². The highest BCUT2D eigenvalue weighted by Gasteiger charge is 2.17. The molecule has 0 saturated heterocycles. The van der Waals surface area contributed by atoms with Crippen molar-refractivity contribution in [2.24, 2.45) is 0 Å². The Morgan fingerprint density at radius 3 is 2.61 bits per heavy atom. The minimum Gasteiger partial charge on any atom is -0.496 e. The molecule has 2 aromatic rings. The Morgan fingerprint density at radius 1 is 1.17 bits per heavy atom. The molecule has 0 fully saturated rings. The highest BCUT2D eigenvalue weighted by Crippen LogP contribution is 2.33. The van der Waals surface area contributed by atoms with E-state index in [4.69, 9.17) is 9.47 Å². The topological polar surface area (TPSA) is 48.4 Å². The Bertz CT molecular complexity index is 552. The maximum Gasteiger partial charge on any atom is 0.338 e. The van der Waals surface area contributed by atoms with E-state index in [1.165, 1.54) is 7.11 Å². The first kappa shape index (κ1) is 12.1. The van der Waals surface area contributed by atoms with Crippen molar-refractivity contribution in [3.8, 4) is 16.9 Å². The molecule has 2 rings (SSSR count). The summed E-state index contributed by atoms with van der Waals surface area (Å²) in [6, 6.07) is 8.94. The fraction of sp³-hybridized carbons (Fsp3) is 0.143. The van der Waals surface area contributed by atoms with E-state index in [-0.39, 0.29) is 0 Å². The van der Waals surface area contributed by atoms with Crippen molar-refractivity contribution >= 4 is 5.97 Å².